The first kappa shape index (κ1) is 30.3. The van der Waals surface area contributed by atoms with Crippen LogP contribution in [-0.4, -0.2) is 4.98 Å². The summed E-state index contributed by atoms with van der Waals surface area (Å²) in [6, 6.07) is 62.9. The second-order valence-electron chi connectivity index (χ2n) is 13.5. The van der Waals surface area contributed by atoms with Crippen molar-refractivity contribution in [3.05, 3.63) is 182 Å². The zero-order valence-corrected chi connectivity index (χ0v) is 28.9. The number of nitrogens with zero attached hydrogens (tertiary/aromatic N) is 2. The lowest BCUT2D eigenvalue weighted by atomic mass is 10.00. The van der Waals surface area contributed by atoms with E-state index >= 15 is 0 Å². The van der Waals surface area contributed by atoms with E-state index < -0.39 is 0 Å². The minimum atomic E-state index is 0.594. The smallest absolute Gasteiger partial charge is 0.227 e. The Hall–Kier alpha value is -7.37. The molecule has 0 N–H and O–H groups in total. The van der Waals surface area contributed by atoms with Gasteiger partial charge in [-0.25, -0.2) is 4.98 Å². The summed E-state index contributed by atoms with van der Waals surface area (Å²) in [7, 11) is 0. The van der Waals surface area contributed by atoms with Crippen molar-refractivity contribution in [2.45, 2.75) is 0 Å². The molecule has 54 heavy (non-hydrogen) atoms. The third-order valence-electron chi connectivity index (χ3n) is 10.3. The van der Waals surface area contributed by atoms with Gasteiger partial charge in [0.25, 0.3) is 0 Å². The van der Waals surface area contributed by atoms with Crippen molar-refractivity contribution >= 4 is 72.0 Å². The van der Waals surface area contributed by atoms with Crippen LogP contribution in [0, 0.1) is 0 Å². The lowest BCUT2D eigenvalue weighted by molar-refractivity contribution is 0.622. The van der Waals surface area contributed by atoms with Gasteiger partial charge in [0.05, 0.1) is 11.1 Å². The van der Waals surface area contributed by atoms with Gasteiger partial charge in [0.2, 0.25) is 5.89 Å². The second kappa shape index (κ2) is 12.1. The third kappa shape index (κ3) is 4.90. The Morgan fingerprint density at radius 1 is 0.389 bits per heavy atom. The molecule has 0 bridgehead atoms. The predicted octanol–water partition coefficient (Wildman–Crippen LogP) is 14.1. The fourth-order valence-electron chi connectivity index (χ4n) is 7.74. The molecule has 3 heterocycles. The SMILES string of the molecule is c1ccc(-c2nc3ccc4oc5ccc(-c6ccc(N(c7ccc8c(c7)oc7ccccc78)c7ccccc7-c7ccccc7)cc6)cc5c4c3o2)cc1. The topological polar surface area (TPSA) is 55.6 Å². The summed E-state index contributed by atoms with van der Waals surface area (Å²) < 4.78 is 19.1. The monoisotopic (exact) mass is 694 g/mol. The Kier molecular flexibility index (Phi) is 6.79. The first-order valence-electron chi connectivity index (χ1n) is 18.0. The molecule has 0 atom stereocenters. The van der Waals surface area contributed by atoms with Crippen LogP contribution in [0.15, 0.2) is 195 Å². The van der Waals surface area contributed by atoms with Crippen LogP contribution in [-0.2, 0) is 0 Å². The van der Waals surface area contributed by atoms with E-state index in [0.29, 0.717) is 5.89 Å². The second-order valence-corrected chi connectivity index (χ2v) is 13.5. The molecule has 5 nitrogen and oxygen atoms in total. The number of benzene rings is 8. The Morgan fingerprint density at radius 2 is 1.04 bits per heavy atom. The van der Waals surface area contributed by atoms with Gasteiger partial charge in [0, 0.05) is 44.7 Å². The van der Waals surface area contributed by atoms with Crippen LogP contribution in [0.3, 0.4) is 0 Å². The van der Waals surface area contributed by atoms with Gasteiger partial charge < -0.3 is 18.2 Å². The molecule has 3 aromatic heterocycles. The van der Waals surface area contributed by atoms with Crippen molar-refractivity contribution in [3.63, 3.8) is 0 Å². The van der Waals surface area contributed by atoms with Crippen molar-refractivity contribution in [1.29, 1.82) is 0 Å². The summed E-state index contributed by atoms with van der Waals surface area (Å²) in [4.78, 5) is 7.13. The number of aromatic nitrogens is 1. The number of rotatable bonds is 6. The highest BCUT2D eigenvalue weighted by atomic mass is 16.4. The van der Waals surface area contributed by atoms with Gasteiger partial charge in [-0.1, -0.05) is 103 Å². The molecule has 0 aliphatic rings. The van der Waals surface area contributed by atoms with Crippen LogP contribution in [0.4, 0.5) is 17.1 Å². The summed E-state index contributed by atoms with van der Waals surface area (Å²) in [6.45, 7) is 0. The number of furan rings is 2. The molecular weight excluding hydrogens is 665 g/mol. The number of anilines is 3. The highest BCUT2D eigenvalue weighted by Crippen LogP contribution is 2.44. The average Bonchev–Trinajstić information content (AvgIpc) is 3.95. The maximum Gasteiger partial charge on any atom is 0.227 e. The summed E-state index contributed by atoms with van der Waals surface area (Å²) in [5.41, 5.74) is 13.4. The minimum Gasteiger partial charge on any atom is -0.456 e. The van der Waals surface area contributed by atoms with Crippen LogP contribution in [0.25, 0.3) is 88.7 Å². The Balaban J connectivity index is 1.03. The molecule has 254 valence electrons. The van der Waals surface area contributed by atoms with Crippen molar-refractivity contribution in [2.24, 2.45) is 0 Å². The molecule has 0 fully saturated rings. The molecule has 11 aromatic rings. The summed E-state index contributed by atoms with van der Waals surface area (Å²) in [5, 5.41) is 4.13. The Labute approximate surface area is 309 Å². The number of fused-ring (bicyclic) bond motifs is 8. The highest BCUT2D eigenvalue weighted by Gasteiger charge is 2.20. The molecule has 0 saturated carbocycles. The molecule has 8 aromatic carbocycles. The van der Waals surface area contributed by atoms with Gasteiger partial charge in [0.1, 0.15) is 27.8 Å². The van der Waals surface area contributed by atoms with Gasteiger partial charge in [-0.2, -0.15) is 0 Å². The van der Waals surface area contributed by atoms with Crippen LogP contribution >= 0.6 is 0 Å². The van der Waals surface area contributed by atoms with E-state index in [9.17, 15) is 0 Å². The van der Waals surface area contributed by atoms with E-state index in [2.05, 4.69) is 126 Å². The molecule has 0 saturated heterocycles. The van der Waals surface area contributed by atoms with Crippen LogP contribution in [0.1, 0.15) is 0 Å². The molecule has 0 aliphatic heterocycles. The summed E-state index contributed by atoms with van der Waals surface area (Å²) in [6.07, 6.45) is 0. The van der Waals surface area contributed by atoms with Crippen LogP contribution in [0.5, 0.6) is 0 Å². The standard InChI is InChI=1S/C49H30N2O3/c1-3-11-32(12-4-1)37-15-7-9-17-42(37)51(36-24-25-39-38-16-8-10-18-43(38)53-46(39)30-36)35-22-19-31(20-23-35)34-21-27-44-40(29-34)47-45(52-44)28-26-41-48(47)54-49(50-41)33-13-5-2-6-14-33/h1-30H. The van der Waals surface area contributed by atoms with Gasteiger partial charge in [-0.15, -0.1) is 0 Å². The van der Waals surface area contributed by atoms with E-state index in [1.807, 2.05) is 60.7 Å². The van der Waals surface area contributed by atoms with Crippen LogP contribution in [0.2, 0.25) is 0 Å². The van der Waals surface area contributed by atoms with Crippen molar-refractivity contribution in [2.75, 3.05) is 4.90 Å². The molecule has 0 unspecified atom stereocenters. The summed E-state index contributed by atoms with van der Waals surface area (Å²) in [5.74, 6) is 0.594. The van der Waals surface area contributed by atoms with E-state index in [0.717, 1.165) is 99.9 Å². The van der Waals surface area contributed by atoms with Gasteiger partial charge >= 0.3 is 0 Å². The maximum atomic E-state index is 6.41. The average molecular weight is 695 g/mol. The van der Waals surface area contributed by atoms with E-state index in [-0.39, 0.29) is 0 Å². The molecule has 11 rings (SSSR count). The largest absolute Gasteiger partial charge is 0.456 e. The van der Waals surface area contributed by atoms with E-state index in [1.54, 1.807) is 0 Å². The zero-order valence-electron chi connectivity index (χ0n) is 28.9. The molecule has 0 amide bonds. The molecule has 0 radical (unpaired) electrons. The lowest BCUT2D eigenvalue weighted by Crippen LogP contribution is -2.11. The Bertz CT molecular complexity index is 3160. The van der Waals surface area contributed by atoms with Gasteiger partial charge in [0.15, 0.2) is 5.58 Å². The molecule has 0 aliphatic carbocycles. The normalized spacial score (nSPS) is 11.7. The first-order chi connectivity index (χ1) is 26.7. The zero-order chi connectivity index (χ0) is 35.6. The first-order valence-corrected chi connectivity index (χ1v) is 18.0. The predicted molar refractivity (Wildman–Crippen MR) is 220 cm³/mol. The van der Waals surface area contributed by atoms with Crippen LogP contribution < -0.4 is 4.90 Å². The molecule has 5 heteroatoms. The molecule has 0 spiro atoms. The number of hydrogen-bond acceptors (Lipinski definition) is 5. The van der Waals surface area contributed by atoms with E-state index in [4.69, 9.17) is 18.2 Å². The number of para-hydroxylation sites is 2. The van der Waals surface area contributed by atoms with Gasteiger partial charge in [-0.05, 0) is 89.5 Å². The quantitative estimate of drug-likeness (QED) is 0.173. The summed E-state index contributed by atoms with van der Waals surface area (Å²) >= 11 is 0. The minimum absolute atomic E-state index is 0.594. The maximum absolute atomic E-state index is 6.41. The fourth-order valence-corrected chi connectivity index (χ4v) is 7.74. The molecular formula is C49H30N2O3. The van der Waals surface area contributed by atoms with Gasteiger partial charge in [-0.3, -0.25) is 0 Å². The highest BCUT2D eigenvalue weighted by molar-refractivity contribution is 6.17. The van der Waals surface area contributed by atoms with E-state index in [1.165, 1.54) is 0 Å². The van der Waals surface area contributed by atoms with Crippen molar-refractivity contribution in [3.8, 4) is 33.7 Å². The fraction of sp³-hybridized carbons (Fsp3) is 0. The Morgan fingerprint density at radius 3 is 1.89 bits per heavy atom. The number of hydrogen-bond donors (Lipinski definition) is 0. The lowest BCUT2D eigenvalue weighted by Gasteiger charge is -2.28. The number of oxazole rings is 1. The van der Waals surface area contributed by atoms with Crippen molar-refractivity contribution < 1.29 is 13.3 Å². The third-order valence-corrected chi connectivity index (χ3v) is 10.3. The van der Waals surface area contributed by atoms with Crippen molar-refractivity contribution in [1.82, 2.24) is 4.98 Å².